The highest BCUT2D eigenvalue weighted by molar-refractivity contribution is 5.51. The Morgan fingerprint density at radius 1 is 0.862 bits per heavy atom. The minimum Gasteiger partial charge on any atom is -0.493 e. The van der Waals surface area contributed by atoms with E-state index < -0.39 is 0 Å². The molecule has 0 amide bonds. The lowest BCUT2D eigenvalue weighted by Gasteiger charge is -2.38. The van der Waals surface area contributed by atoms with Gasteiger partial charge in [0.05, 0.1) is 20.3 Å². The lowest BCUT2D eigenvalue weighted by atomic mass is 9.87. The molecule has 0 aliphatic carbocycles. The van der Waals surface area contributed by atoms with Crippen molar-refractivity contribution in [3.63, 3.8) is 0 Å². The Labute approximate surface area is 169 Å². The molecule has 0 bridgehead atoms. The van der Waals surface area contributed by atoms with Crippen LogP contribution in [-0.2, 0) is 13.0 Å². The van der Waals surface area contributed by atoms with Crippen molar-refractivity contribution in [3.8, 4) is 11.5 Å². The van der Waals surface area contributed by atoms with Crippen molar-refractivity contribution in [2.24, 2.45) is 0 Å². The molecule has 3 aromatic carbocycles. The van der Waals surface area contributed by atoms with Crippen molar-refractivity contribution in [3.05, 3.63) is 94.6 Å². The zero-order valence-electron chi connectivity index (χ0n) is 16.5. The molecule has 0 aromatic heterocycles. The van der Waals surface area contributed by atoms with Crippen LogP contribution in [0.1, 0.15) is 28.3 Å². The fourth-order valence-corrected chi connectivity index (χ4v) is 4.07. The molecule has 3 nitrogen and oxygen atoms in total. The van der Waals surface area contributed by atoms with E-state index in [0.29, 0.717) is 35.7 Å². The molecule has 1 aliphatic heterocycles. The quantitative estimate of drug-likeness (QED) is 0.598. The SMILES string of the molecule is COc1cc2c(cc1OC)C(c1ccccc1F)N(Cc1ccccc1F)CC2. The molecule has 0 saturated carbocycles. The molecule has 1 unspecified atom stereocenters. The second-order valence-corrected chi connectivity index (χ2v) is 7.14. The maximum atomic E-state index is 14.8. The van der Waals surface area contributed by atoms with Crippen molar-refractivity contribution in [2.75, 3.05) is 20.8 Å². The number of rotatable bonds is 5. The minimum atomic E-state index is -0.348. The van der Waals surface area contributed by atoms with Gasteiger partial charge in [0.15, 0.2) is 11.5 Å². The van der Waals surface area contributed by atoms with Gasteiger partial charge in [0.1, 0.15) is 11.6 Å². The lowest BCUT2D eigenvalue weighted by molar-refractivity contribution is 0.197. The second-order valence-electron chi connectivity index (χ2n) is 7.14. The monoisotopic (exact) mass is 395 g/mol. The topological polar surface area (TPSA) is 21.7 Å². The van der Waals surface area contributed by atoms with E-state index in [1.807, 2.05) is 24.3 Å². The summed E-state index contributed by atoms with van der Waals surface area (Å²) in [4.78, 5) is 2.12. The van der Waals surface area contributed by atoms with Crippen LogP contribution < -0.4 is 9.47 Å². The van der Waals surface area contributed by atoms with Gasteiger partial charge in [0, 0.05) is 24.2 Å². The molecule has 1 aliphatic rings. The number of nitrogens with zero attached hydrogens (tertiary/aromatic N) is 1. The zero-order chi connectivity index (χ0) is 20.4. The van der Waals surface area contributed by atoms with Crippen molar-refractivity contribution in [1.29, 1.82) is 0 Å². The van der Waals surface area contributed by atoms with Gasteiger partial charge < -0.3 is 9.47 Å². The van der Waals surface area contributed by atoms with E-state index in [1.54, 1.807) is 38.5 Å². The summed E-state index contributed by atoms with van der Waals surface area (Å²) in [5.74, 6) is 0.720. The minimum absolute atomic E-state index is 0.252. The highest BCUT2D eigenvalue weighted by atomic mass is 19.1. The van der Waals surface area contributed by atoms with E-state index in [4.69, 9.17) is 9.47 Å². The fraction of sp³-hybridized carbons (Fsp3) is 0.250. The normalized spacial score (nSPS) is 16.3. The van der Waals surface area contributed by atoms with E-state index in [9.17, 15) is 8.78 Å². The highest BCUT2D eigenvalue weighted by Gasteiger charge is 2.32. The second kappa shape index (κ2) is 8.21. The molecule has 150 valence electrons. The summed E-state index contributed by atoms with van der Waals surface area (Å²) >= 11 is 0. The van der Waals surface area contributed by atoms with Crippen molar-refractivity contribution < 1.29 is 18.3 Å². The summed E-state index contributed by atoms with van der Waals surface area (Å²) in [7, 11) is 3.19. The Morgan fingerprint density at radius 3 is 2.21 bits per heavy atom. The first-order valence-electron chi connectivity index (χ1n) is 9.59. The van der Waals surface area contributed by atoms with Gasteiger partial charge in [-0.25, -0.2) is 8.78 Å². The predicted molar refractivity (Wildman–Crippen MR) is 108 cm³/mol. The maximum absolute atomic E-state index is 14.8. The molecule has 0 spiro atoms. The van der Waals surface area contributed by atoms with Gasteiger partial charge in [-0.3, -0.25) is 4.90 Å². The maximum Gasteiger partial charge on any atom is 0.161 e. The number of methoxy groups -OCH3 is 2. The van der Waals surface area contributed by atoms with Crippen LogP contribution in [0.3, 0.4) is 0 Å². The Kier molecular flexibility index (Phi) is 5.49. The molecule has 5 heteroatoms. The molecule has 0 N–H and O–H groups in total. The van der Waals surface area contributed by atoms with Crippen LogP contribution in [0.2, 0.25) is 0 Å². The van der Waals surface area contributed by atoms with Crippen LogP contribution in [0, 0.1) is 11.6 Å². The van der Waals surface area contributed by atoms with Crippen LogP contribution >= 0.6 is 0 Å². The molecule has 3 aromatic rings. The van der Waals surface area contributed by atoms with E-state index in [2.05, 4.69) is 4.90 Å². The summed E-state index contributed by atoms with van der Waals surface area (Å²) in [6.45, 7) is 1.06. The molecule has 4 rings (SSSR count). The lowest BCUT2D eigenvalue weighted by Crippen LogP contribution is -2.36. The third kappa shape index (κ3) is 3.70. The molecule has 1 heterocycles. The average Bonchev–Trinajstić information content (AvgIpc) is 2.75. The van der Waals surface area contributed by atoms with Gasteiger partial charge in [-0.1, -0.05) is 36.4 Å². The summed E-state index contributed by atoms with van der Waals surface area (Å²) < 4.78 is 40.1. The van der Waals surface area contributed by atoms with Crippen LogP contribution in [0.4, 0.5) is 8.78 Å². The van der Waals surface area contributed by atoms with Gasteiger partial charge in [-0.2, -0.15) is 0 Å². The van der Waals surface area contributed by atoms with Crippen molar-refractivity contribution in [2.45, 2.75) is 19.0 Å². The van der Waals surface area contributed by atoms with Crippen LogP contribution in [0.15, 0.2) is 60.7 Å². The Bertz CT molecular complexity index is 1020. The Morgan fingerprint density at radius 2 is 1.52 bits per heavy atom. The zero-order valence-corrected chi connectivity index (χ0v) is 16.5. The molecule has 0 fully saturated rings. The van der Waals surface area contributed by atoms with Gasteiger partial charge >= 0.3 is 0 Å². The standard InChI is InChI=1S/C24H23F2NO2/c1-28-22-13-16-11-12-27(15-17-7-3-5-9-20(17)25)24(19(16)14-23(22)29-2)18-8-4-6-10-21(18)26/h3-10,13-14,24H,11-12,15H2,1-2H3. The molecule has 0 radical (unpaired) electrons. The Balaban J connectivity index is 1.83. The predicted octanol–water partition coefficient (Wildman–Crippen LogP) is 5.13. The van der Waals surface area contributed by atoms with Gasteiger partial charge in [0.2, 0.25) is 0 Å². The van der Waals surface area contributed by atoms with Gasteiger partial charge in [0.25, 0.3) is 0 Å². The third-order valence-corrected chi connectivity index (χ3v) is 5.50. The fourth-order valence-electron chi connectivity index (χ4n) is 4.07. The van der Waals surface area contributed by atoms with E-state index >= 15 is 0 Å². The highest BCUT2D eigenvalue weighted by Crippen LogP contribution is 2.42. The van der Waals surface area contributed by atoms with E-state index in [-0.39, 0.29) is 17.7 Å². The van der Waals surface area contributed by atoms with Gasteiger partial charge in [-0.15, -0.1) is 0 Å². The van der Waals surface area contributed by atoms with Crippen LogP contribution in [0.25, 0.3) is 0 Å². The first-order chi connectivity index (χ1) is 14.1. The number of hydrogen-bond acceptors (Lipinski definition) is 3. The Hall–Kier alpha value is -2.92. The number of hydrogen-bond donors (Lipinski definition) is 0. The molecule has 29 heavy (non-hydrogen) atoms. The number of fused-ring (bicyclic) bond motifs is 1. The number of ether oxygens (including phenoxy) is 2. The van der Waals surface area contributed by atoms with Crippen molar-refractivity contribution >= 4 is 0 Å². The summed E-state index contributed by atoms with van der Waals surface area (Å²) in [5.41, 5.74) is 3.20. The summed E-state index contributed by atoms with van der Waals surface area (Å²) in [6.07, 6.45) is 0.759. The molecular formula is C24H23F2NO2. The summed E-state index contributed by atoms with van der Waals surface area (Å²) in [6, 6.07) is 17.0. The summed E-state index contributed by atoms with van der Waals surface area (Å²) in [5, 5.41) is 0. The number of benzene rings is 3. The number of halogens is 2. The average molecular weight is 395 g/mol. The van der Waals surface area contributed by atoms with Crippen LogP contribution in [0.5, 0.6) is 11.5 Å². The largest absolute Gasteiger partial charge is 0.493 e. The molecular weight excluding hydrogens is 372 g/mol. The molecule has 1 atom stereocenters. The first-order valence-corrected chi connectivity index (χ1v) is 9.59. The molecule has 0 saturated heterocycles. The van der Waals surface area contributed by atoms with E-state index in [0.717, 1.165) is 17.5 Å². The smallest absolute Gasteiger partial charge is 0.161 e. The first kappa shape index (κ1) is 19.4. The van der Waals surface area contributed by atoms with Crippen LogP contribution in [-0.4, -0.2) is 25.7 Å². The van der Waals surface area contributed by atoms with Crippen molar-refractivity contribution in [1.82, 2.24) is 4.90 Å². The third-order valence-electron chi connectivity index (χ3n) is 5.50. The van der Waals surface area contributed by atoms with E-state index in [1.165, 1.54) is 12.1 Å². The van der Waals surface area contributed by atoms with Gasteiger partial charge in [-0.05, 0) is 41.8 Å².